The molecule has 1 heterocycles. The summed E-state index contributed by atoms with van der Waals surface area (Å²) < 4.78 is 0. The van der Waals surface area contributed by atoms with Crippen molar-refractivity contribution >= 4 is 17.5 Å². The van der Waals surface area contributed by atoms with Crippen molar-refractivity contribution in [3.8, 4) is 0 Å². The van der Waals surface area contributed by atoms with E-state index in [0.29, 0.717) is 18.9 Å². The van der Waals surface area contributed by atoms with Crippen LogP contribution in [0.3, 0.4) is 0 Å². The third-order valence-electron chi connectivity index (χ3n) is 4.25. The number of aryl methyl sites for hydroxylation is 1. The second-order valence-corrected chi connectivity index (χ2v) is 6.35. The van der Waals surface area contributed by atoms with Gasteiger partial charge in [0.05, 0.1) is 0 Å². The smallest absolute Gasteiger partial charge is 0.224 e. The van der Waals surface area contributed by atoms with E-state index < -0.39 is 0 Å². The molecule has 1 aromatic rings. The Morgan fingerprint density at radius 1 is 1.36 bits per heavy atom. The Morgan fingerprint density at radius 2 is 2.14 bits per heavy atom. The predicted octanol–water partition coefficient (Wildman–Crippen LogP) is 3.00. The van der Waals surface area contributed by atoms with Crippen LogP contribution < -0.4 is 4.90 Å². The summed E-state index contributed by atoms with van der Waals surface area (Å²) in [7, 11) is 0. The van der Waals surface area contributed by atoms with Gasteiger partial charge in [0.1, 0.15) is 0 Å². The summed E-state index contributed by atoms with van der Waals surface area (Å²) in [6, 6.07) is 7.84. The van der Waals surface area contributed by atoms with Gasteiger partial charge in [0.25, 0.3) is 0 Å². The van der Waals surface area contributed by atoms with Crippen LogP contribution in [-0.4, -0.2) is 36.3 Å². The van der Waals surface area contributed by atoms with Crippen LogP contribution in [-0.2, 0) is 9.59 Å². The molecule has 1 unspecified atom stereocenters. The normalized spacial score (nSPS) is 18.1. The first kappa shape index (κ1) is 16.5. The Kier molecular flexibility index (Phi) is 5.58. The molecule has 120 valence electrons. The molecule has 4 nitrogen and oxygen atoms in total. The molecule has 4 heteroatoms. The lowest BCUT2D eigenvalue weighted by Gasteiger charge is -2.31. The quantitative estimate of drug-likeness (QED) is 0.858. The number of nitrogens with zero attached hydrogens (tertiary/aromatic N) is 2. The molecule has 1 saturated heterocycles. The number of carbonyl (C=O) groups is 2. The predicted molar refractivity (Wildman–Crippen MR) is 88.8 cm³/mol. The summed E-state index contributed by atoms with van der Waals surface area (Å²) in [5.74, 6) is 0.717. The van der Waals surface area contributed by atoms with Crippen molar-refractivity contribution < 1.29 is 9.59 Å². The Balaban J connectivity index is 1.97. The van der Waals surface area contributed by atoms with Gasteiger partial charge in [-0.3, -0.25) is 9.59 Å². The minimum Gasteiger partial charge on any atom is -0.342 e. The van der Waals surface area contributed by atoms with Crippen LogP contribution in [0.4, 0.5) is 5.69 Å². The van der Waals surface area contributed by atoms with E-state index in [2.05, 4.69) is 6.92 Å². The summed E-state index contributed by atoms with van der Waals surface area (Å²) in [6.45, 7) is 7.89. The monoisotopic (exact) mass is 302 g/mol. The van der Waals surface area contributed by atoms with E-state index in [0.717, 1.165) is 30.8 Å². The fourth-order valence-electron chi connectivity index (χ4n) is 3.05. The highest BCUT2D eigenvalue weighted by atomic mass is 16.2. The molecule has 0 aliphatic carbocycles. The van der Waals surface area contributed by atoms with Gasteiger partial charge in [-0.1, -0.05) is 19.1 Å². The van der Waals surface area contributed by atoms with Gasteiger partial charge in [-0.25, -0.2) is 0 Å². The van der Waals surface area contributed by atoms with Crippen molar-refractivity contribution in [1.29, 1.82) is 0 Å². The van der Waals surface area contributed by atoms with E-state index in [1.807, 2.05) is 36.1 Å². The standard InChI is InChI=1S/C18H26N2O2/c1-14-6-4-8-17(12-14)20(16(3)21)11-9-18(22)19-10-5-7-15(2)13-19/h4,6,8,12,15H,5,7,9-11,13H2,1-3H3. The summed E-state index contributed by atoms with van der Waals surface area (Å²) in [6.07, 6.45) is 2.67. The van der Waals surface area contributed by atoms with Crippen LogP contribution in [0.15, 0.2) is 24.3 Å². The lowest BCUT2D eigenvalue weighted by molar-refractivity contribution is -0.132. The van der Waals surface area contributed by atoms with Crippen LogP contribution >= 0.6 is 0 Å². The zero-order valence-electron chi connectivity index (χ0n) is 13.8. The molecule has 0 saturated carbocycles. The number of amides is 2. The second kappa shape index (κ2) is 7.43. The fourth-order valence-corrected chi connectivity index (χ4v) is 3.05. The average molecular weight is 302 g/mol. The molecule has 22 heavy (non-hydrogen) atoms. The molecule has 1 atom stereocenters. The van der Waals surface area contributed by atoms with E-state index in [1.165, 1.54) is 6.42 Å². The molecule has 0 aromatic heterocycles. The Morgan fingerprint density at radius 3 is 2.77 bits per heavy atom. The van der Waals surface area contributed by atoms with Gasteiger partial charge in [0, 0.05) is 38.7 Å². The summed E-state index contributed by atoms with van der Waals surface area (Å²) in [4.78, 5) is 27.9. The molecule has 1 fully saturated rings. The highest BCUT2D eigenvalue weighted by Crippen LogP contribution is 2.19. The molecule has 0 radical (unpaired) electrons. The molecule has 0 N–H and O–H groups in total. The van der Waals surface area contributed by atoms with E-state index in [9.17, 15) is 9.59 Å². The van der Waals surface area contributed by atoms with Gasteiger partial charge in [-0.05, 0) is 43.4 Å². The maximum absolute atomic E-state index is 12.4. The highest BCUT2D eigenvalue weighted by molar-refractivity contribution is 5.92. The van der Waals surface area contributed by atoms with Crippen LogP contribution in [0, 0.1) is 12.8 Å². The van der Waals surface area contributed by atoms with Crippen LogP contribution in [0.5, 0.6) is 0 Å². The van der Waals surface area contributed by atoms with E-state index in [-0.39, 0.29) is 11.8 Å². The zero-order valence-corrected chi connectivity index (χ0v) is 13.8. The van der Waals surface area contributed by atoms with E-state index in [1.54, 1.807) is 11.8 Å². The molecule has 2 rings (SSSR count). The van der Waals surface area contributed by atoms with Crippen LogP contribution in [0.25, 0.3) is 0 Å². The van der Waals surface area contributed by atoms with Crippen molar-refractivity contribution in [2.24, 2.45) is 5.92 Å². The number of benzene rings is 1. The van der Waals surface area contributed by atoms with E-state index >= 15 is 0 Å². The number of hydrogen-bond acceptors (Lipinski definition) is 2. The molecule has 1 aliphatic rings. The van der Waals surface area contributed by atoms with Gasteiger partial charge in [0.15, 0.2) is 0 Å². The molecular weight excluding hydrogens is 276 g/mol. The summed E-state index contributed by atoms with van der Waals surface area (Å²) >= 11 is 0. The number of piperidine rings is 1. The molecule has 1 aromatic carbocycles. The molecule has 2 amide bonds. The number of likely N-dealkylation sites (tertiary alicyclic amines) is 1. The minimum absolute atomic E-state index is 0.0228. The lowest BCUT2D eigenvalue weighted by Crippen LogP contribution is -2.41. The Hall–Kier alpha value is -1.84. The summed E-state index contributed by atoms with van der Waals surface area (Å²) in [5.41, 5.74) is 1.98. The number of hydrogen-bond donors (Lipinski definition) is 0. The third kappa shape index (κ3) is 4.33. The van der Waals surface area contributed by atoms with Crippen molar-refractivity contribution in [2.45, 2.75) is 40.0 Å². The average Bonchev–Trinajstić information content (AvgIpc) is 2.47. The lowest BCUT2D eigenvalue weighted by atomic mass is 10.00. The Bertz CT molecular complexity index is 542. The number of anilines is 1. The zero-order chi connectivity index (χ0) is 16.1. The van der Waals surface area contributed by atoms with Gasteiger partial charge in [-0.2, -0.15) is 0 Å². The van der Waals surface area contributed by atoms with Gasteiger partial charge in [-0.15, -0.1) is 0 Å². The Labute approximate surface area is 133 Å². The van der Waals surface area contributed by atoms with Crippen molar-refractivity contribution in [3.63, 3.8) is 0 Å². The van der Waals surface area contributed by atoms with Crippen LogP contribution in [0.2, 0.25) is 0 Å². The van der Waals surface area contributed by atoms with Gasteiger partial charge in [0.2, 0.25) is 11.8 Å². The van der Waals surface area contributed by atoms with Crippen molar-refractivity contribution in [1.82, 2.24) is 4.90 Å². The van der Waals surface area contributed by atoms with Crippen LogP contribution in [0.1, 0.15) is 38.7 Å². The fraction of sp³-hybridized carbons (Fsp3) is 0.556. The number of rotatable bonds is 4. The van der Waals surface area contributed by atoms with Crippen molar-refractivity contribution in [3.05, 3.63) is 29.8 Å². The van der Waals surface area contributed by atoms with Crippen molar-refractivity contribution in [2.75, 3.05) is 24.5 Å². The number of carbonyl (C=O) groups excluding carboxylic acids is 2. The molecular formula is C18H26N2O2. The topological polar surface area (TPSA) is 40.6 Å². The summed E-state index contributed by atoms with van der Waals surface area (Å²) in [5, 5.41) is 0. The maximum Gasteiger partial charge on any atom is 0.224 e. The minimum atomic E-state index is -0.0228. The van der Waals surface area contributed by atoms with Gasteiger partial charge < -0.3 is 9.80 Å². The largest absolute Gasteiger partial charge is 0.342 e. The maximum atomic E-state index is 12.4. The highest BCUT2D eigenvalue weighted by Gasteiger charge is 2.22. The first-order valence-electron chi connectivity index (χ1n) is 8.10. The first-order valence-corrected chi connectivity index (χ1v) is 8.10. The second-order valence-electron chi connectivity index (χ2n) is 6.35. The SMILES string of the molecule is CC(=O)N(CCC(=O)N1CCCC(C)C1)c1cccc(C)c1. The molecule has 0 bridgehead atoms. The first-order chi connectivity index (χ1) is 10.5. The third-order valence-corrected chi connectivity index (χ3v) is 4.25. The molecule has 1 aliphatic heterocycles. The van der Waals surface area contributed by atoms with Gasteiger partial charge >= 0.3 is 0 Å². The molecule has 0 spiro atoms. The van der Waals surface area contributed by atoms with E-state index in [4.69, 9.17) is 0 Å².